The normalized spacial score (nSPS) is 11.6. The fraction of sp³-hybridized carbons (Fsp3) is 0. The summed E-state index contributed by atoms with van der Waals surface area (Å²) in [6, 6.07) is 67.4. The van der Waals surface area contributed by atoms with Crippen LogP contribution >= 0.6 is 0 Å². The maximum atomic E-state index is 6.52. The van der Waals surface area contributed by atoms with E-state index in [1.807, 2.05) is 0 Å². The highest BCUT2D eigenvalue weighted by Gasteiger charge is 2.16. The lowest BCUT2D eigenvalue weighted by Gasteiger charge is -2.09. The van der Waals surface area contributed by atoms with Crippen molar-refractivity contribution in [2.24, 2.45) is 0 Å². The average molecular weight is 638 g/mol. The molecule has 0 amide bonds. The van der Waals surface area contributed by atoms with Crippen LogP contribution in [0.25, 0.3) is 93.9 Å². The predicted molar refractivity (Wildman–Crippen MR) is 210 cm³/mol. The van der Waals surface area contributed by atoms with E-state index >= 15 is 0 Å². The molecule has 0 unspecified atom stereocenters. The molecular formula is C48H31NO. The molecule has 0 bridgehead atoms. The second kappa shape index (κ2) is 11.5. The minimum Gasteiger partial charge on any atom is -0.456 e. The number of hydrogen-bond donors (Lipinski definition) is 0. The number of fused-ring (bicyclic) bond motifs is 6. The molecule has 234 valence electrons. The second-order valence-electron chi connectivity index (χ2n) is 13.0. The Bertz CT molecular complexity index is 2860. The number of para-hydroxylation sites is 1. The Labute approximate surface area is 290 Å². The average Bonchev–Trinajstić information content (AvgIpc) is 3.73. The van der Waals surface area contributed by atoms with Crippen LogP contribution in [0.15, 0.2) is 192 Å². The van der Waals surface area contributed by atoms with Gasteiger partial charge in [-0.25, -0.2) is 0 Å². The van der Waals surface area contributed by atoms with E-state index in [1.54, 1.807) is 0 Å². The first-order valence-corrected chi connectivity index (χ1v) is 17.1. The number of hydrogen-bond acceptors (Lipinski definition) is 1. The van der Waals surface area contributed by atoms with Crippen LogP contribution in [-0.4, -0.2) is 4.57 Å². The molecule has 10 aromatic rings. The highest BCUT2D eigenvalue weighted by molar-refractivity contribution is 6.11. The molecule has 0 aliphatic carbocycles. The molecule has 10 rings (SSSR count). The van der Waals surface area contributed by atoms with Crippen LogP contribution in [0.2, 0.25) is 0 Å². The van der Waals surface area contributed by atoms with Gasteiger partial charge in [-0.1, -0.05) is 127 Å². The van der Waals surface area contributed by atoms with E-state index in [-0.39, 0.29) is 0 Å². The van der Waals surface area contributed by atoms with Crippen molar-refractivity contribution in [2.45, 2.75) is 0 Å². The molecule has 0 radical (unpaired) electrons. The summed E-state index contributed by atoms with van der Waals surface area (Å²) in [4.78, 5) is 0. The first-order valence-electron chi connectivity index (χ1n) is 17.1. The molecule has 2 heterocycles. The summed E-state index contributed by atoms with van der Waals surface area (Å²) < 4.78 is 8.87. The van der Waals surface area contributed by atoms with E-state index in [2.05, 4.69) is 193 Å². The summed E-state index contributed by atoms with van der Waals surface area (Å²) in [5.41, 5.74) is 14.9. The van der Waals surface area contributed by atoms with Crippen molar-refractivity contribution in [3.8, 4) is 50.2 Å². The number of nitrogens with zero attached hydrogens (tertiary/aromatic N) is 1. The lowest BCUT2D eigenvalue weighted by Crippen LogP contribution is -1.93. The van der Waals surface area contributed by atoms with E-state index in [0.717, 1.165) is 27.6 Å². The van der Waals surface area contributed by atoms with Gasteiger partial charge >= 0.3 is 0 Å². The minimum absolute atomic E-state index is 0.882. The van der Waals surface area contributed by atoms with Gasteiger partial charge < -0.3 is 8.98 Å². The van der Waals surface area contributed by atoms with Crippen molar-refractivity contribution >= 4 is 43.7 Å². The summed E-state index contributed by atoms with van der Waals surface area (Å²) in [5.74, 6) is 0. The molecule has 0 saturated heterocycles. The topological polar surface area (TPSA) is 18.1 Å². The Morgan fingerprint density at radius 2 is 0.800 bits per heavy atom. The third kappa shape index (κ3) is 4.73. The van der Waals surface area contributed by atoms with E-state index in [0.29, 0.717) is 0 Å². The van der Waals surface area contributed by atoms with Crippen LogP contribution in [0.4, 0.5) is 0 Å². The van der Waals surface area contributed by atoms with Gasteiger partial charge in [-0.15, -0.1) is 0 Å². The largest absolute Gasteiger partial charge is 0.456 e. The van der Waals surface area contributed by atoms with Crippen LogP contribution in [-0.2, 0) is 0 Å². The molecular weight excluding hydrogens is 607 g/mol. The molecule has 0 atom stereocenters. The van der Waals surface area contributed by atoms with Crippen LogP contribution < -0.4 is 0 Å². The monoisotopic (exact) mass is 637 g/mol. The van der Waals surface area contributed by atoms with E-state index in [9.17, 15) is 0 Å². The summed E-state index contributed by atoms with van der Waals surface area (Å²) in [5, 5.41) is 4.72. The first-order chi connectivity index (χ1) is 24.8. The van der Waals surface area contributed by atoms with Gasteiger partial charge in [-0.3, -0.25) is 0 Å². The van der Waals surface area contributed by atoms with Crippen LogP contribution in [0.5, 0.6) is 0 Å². The Hall–Kier alpha value is -6.64. The van der Waals surface area contributed by atoms with Crippen molar-refractivity contribution in [1.29, 1.82) is 0 Å². The Morgan fingerprint density at radius 3 is 1.50 bits per heavy atom. The van der Waals surface area contributed by atoms with Gasteiger partial charge in [0.05, 0.1) is 11.0 Å². The summed E-state index contributed by atoms with van der Waals surface area (Å²) in [7, 11) is 0. The summed E-state index contributed by atoms with van der Waals surface area (Å²) in [6.07, 6.45) is 0. The van der Waals surface area contributed by atoms with Gasteiger partial charge in [0.15, 0.2) is 0 Å². The molecule has 8 aromatic carbocycles. The molecule has 0 N–H and O–H groups in total. The van der Waals surface area contributed by atoms with E-state index in [1.165, 1.54) is 66.3 Å². The number of aromatic nitrogens is 1. The fourth-order valence-electron chi connectivity index (χ4n) is 7.53. The van der Waals surface area contributed by atoms with Gasteiger partial charge in [-0.05, 0) is 99.1 Å². The SMILES string of the molecule is c1ccc(-c2cccc(-c3cccc(-c4ccc5oc6cc(-n7c8ccccc8c8cc(-c9ccccc9)ccc87)ccc6c5c4)c3)c2)cc1. The maximum absolute atomic E-state index is 6.52. The van der Waals surface area contributed by atoms with Crippen molar-refractivity contribution in [3.63, 3.8) is 0 Å². The number of benzene rings is 8. The molecule has 0 saturated carbocycles. The molecule has 2 heteroatoms. The molecule has 0 aliphatic rings. The predicted octanol–water partition coefficient (Wildman–Crippen LogP) is 13.4. The quantitative estimate of drug-likeness (QED) is 0.184. The third-order valence-electron chi connectivity index (χ3n) is 9.99. The molecule has 0 aliphatic heterocycles. The molecule has 50 heavy (non-hydrogen) atoms. The Morgan fingerprint density at radius 1 is 0.280 bits per heavy atom. The zero-order valence-corrected chi connectivity index (χ0v) is 27.3. The number of furan rings is 1. The minimum atomic E-state index is 0.882. The van der Waals surface area contributed by atoms with Crippen LogP contribution in [0, 0.1) is 0 Å². The first kappa shape index (κ1) is 28.4. The standard InChI is InChI=1S/C48H31NO/c1-3-11-32(12-4-1)34-15-9-16-35(27-34)36-17-10-18-37(28-36)39-22-26-47-44(30-39)42-24-23-40(31-48(42)50-47)49-45-20-8-7-19-41(45)43-29-38(21-25-46(43)49)33-13-5-2-6-14-33/h1-31H. The third-order valence-corrected chi connectivity index (χ3v) is 9.99. The van der Waals surface area contributed by atoms with Gasteiger partial charge in [0.1, 0.15) is 11.2 Å². The zero-order valence-electron chi connectivity index (χ0n) is 27.3. The molecule has 0 fully saturated rings. The van der Waals surface area contributed by atoms with Gasteiger partial charge in [0.2, 0.25) is 0 Å². The Balaban J connectivity index is 1.04. The van der Waals surface area contributed by atoms with E-state index in [4.69, 9.17) is 4.42 Å². The summed E-state index contributed by atoms with van der Waals surface area (Å²) >= 11 is 0. The molecule has 2 nitrogen and oxygen atoms in total. The van der Waals surface area contributed by atoms with Crippen molar-refractivity contribution < 1.29 is 4.42 Å². The van der Waals surface area contributed by atoms with Crippen LogP contribution in [0.3, 0.4) is 0 Å². The zero-order chi connectivity index (χ0) is 33.0. The molecule has 2 aromatic heterocycles. The van der Waals surface area contributed by atoms with Crippen molar-refractivity contribution in [3.05, 3.63) is 188 Å². The van der Waals surface area contributed by atoms with E-state index < -0.39 is 0 Å². The van der Waals surface area contributed by atoms with Gasteiger partial charge in [0.25, 0.3) is 0 Å². The van der Waals surface area contributed by atoms with Crippen molar-refractivity contribution in [2.75, 3.05) is 0 Å². The smallest absolute Gasteiger partial charge is 0.137 e. The highest BCUT2D eigenvalue weighted by Crippen LogP contribution is 2.38. The molecule has 0 spiro atoms. The summed E-state index contributed by atoms with van der Waals surface area (Å²) in [6.45, 7) is 0. The lowest BCUT2D eigenvalue weighted by atomic mass is 9.96. The Kier molecular flexibility index (Phi) is 6.53. The lowest BCUT2D eigenvalue weighted by molar-refractivity contribution is 0.668. The van der Waals surface area contributed by atoms with Gasteiger partial charge in [0, 0.05) is 33.3 Å². The number of rotatable bonds is 5. The maximum Gasteiger partial charge on any atom is 0.137 e. The second-order valence-corrected chi connectivity index (χ2v) is 13.0. The highest BCUT2D eigenvalue weighted by atomic mass is 16.3. The fourth-order valence-corrected chi connectivity index (χ4v) is 7.53. The van der Waals surface area contributed by atoms with Gasteiger partial charge in [-0.2, -0.15) is 0 Å². The van der Waals surface area contributed by atoms with Crippen molar-refractivity contribution in [1.82, 2.24) is 4.57 Å². The van der Waals surface area contributed by atoms with Crippen LogP contribution in [0.1, 0.15) is 0 Å².